The van der Waals surface area contributed by atoms with E-state index in [9.17, 15) is 4.79 Å². The highest BCUT2D eigenvalue weighted by Crippen LogP contribution is 2.49. The molecule has 2 saturated carbocycles. The summed E-state index contributed by atoms with van der Waals surface area (Å²) in [5, 5.41) is 1.38. The number of halogens is 1. The second kappa shape index (κ2) is 6.64. The summed E-state index contributed by atoms with van der Waals surface area (Å²) in [6.07, 6.45) is 11.1. The van der Waals surface area contributed by atoms with Crippen LogP contribution in [0.1, 0.15) is 49.7 Å². The molecule has 0 saturated heterocycles. The summed E-state index contributed by atoms with van der Waals surface area (Å²) in [6.45, 7) is 5.79. The van der Waals surface area contributed by atoms with Crippen LogP contribution in [0.25, 0.3) is 17.0 Å². The monoisotopic (exact) mass is 353 g/mol. The average molecular weight is 354 g/mol. The molecule has 5 heteroatoms. The Bertz CT molecular complexity index is 891. The molecule has 3 unspecified atom stereocenters. The van der Waals surface area contributed by atoms with Crippen molar-refractivity contribution in [2.45, 2.75) is 51.3 Å². The first-order valence-corrected chi connectivity index (χ1v) is 9.64. The van der Waals surface area contributed by atoms with Crippen molar-refractivity contribution in [1.29, 1.82) is 0 Å². The lowest BCUT2D eigenvalue weighted by molar-refractivity contribution is 0.481. The highest BCUT2D eigenvalue weighted by molar-refractivity contribution is 6.38. The van der Waals surface area contributed by atoms with Gasteiger partial charge in [0.15, 0.2) is 0 Å². The number of rotatable bonds is 3. The summed E-state index contributed by atoms with van der Waals surface area (Å²) in [6, 6.07) is 1.80. The van der Waals surface area contributed by atoms with E-state index in [0.717, 1.165) is 34.7 Å². The van der Waals surface area contributed by atoms with Crippen LogP contribution in [-0.4, -0.2) is 16.9 Å². The van der Waals surface area contributed by atoms with Crippen LogP contribution < -0.4 is 5.56 Å². The molecule has 0 bridgehead atoms. The molecule has 2 aromatic heterocycles. The van der Waals surface area contributed by atoms with Gasteiger partial charge in [-0.15, -0.1) is 0 Å². The number of hydrogen-bond donors (Lipinski definition) is 0. The normalized spacial score (nSPS) is 25.8. The van der Waals surface area contributed by atoms with Crippen LogP contribution in [0, 0.1) is 18.8 Å². The van der Waals surface area contributed by atoms with Crippen LogP contribution >= 0.6 is 11.6 Å². The lowest BCUT2D eigenvalue weighted by Gasteiger charge is -2.21. The van der Waals surface area contributed by atoms with E-state index in [1.807, 2.05) is 6.92 Å². The van der Waals surface area contributed by atoms with Gasteiger partial charge in [0, 0.05) is 22.7 Å². The van der Waals surface area contributed by atoms with Crippen molar-refractivity contribution in [3.8, 4) is 0 Å². The minimum atomic E-state index is -0.00308. The van der Waals surface area contributed by atoms with Gasteiger partial charge in [-0.25, -0.2) is 4.98 Å². The van der Waals surface area contributed by atoms with Crippen LogP contribution in [0.4, 0.5) is 0 Å². The molecule has 129 valence electrons. The number of pyridine rings is 2. The summed E-state index contributed by atoms with van der Waals surface area (Å²) in [4.78, 5) is 17.3. The molecule has 1 radical (unpaired) electrons. The summed E-state index contributed by atoms with van der Waals surface area (Å²) in [5.74, 6) is 2.24. The fraction of sp³-hybridized carbons (Fsp3) is 0.500. The number of aryl methyl sites for hydroxylation is 1. The quantitative estimate of drug-likeness (QED) is 0.583. The number of aromatic nitrogens is 2. The Kier molecular flexibility index (Phi) is 4.49. The van der Waals surface area contributed by atoms with Gasteiger partial charge in [-0.1, -0.05) is 56.4 Å². The molecule has 0 spiro atoms. The molecule has 2 aliphatic rings. The van der Waals surface area contributed by atoms with Gasteiger partial charge in [0.2, 0.25) is 5.56 Å². The van der Waals surface area contributed by atoms with Crippen molar-refractivity contribution in [3.63, 3.8) is 0 Å². The van der Waals surface area contributed by atoms with Crippen molar-refractivity contribution in [2.75, 3.05) is 0 Å². The van der Waals surface area contributed by atoms with Gasteiger partial charge in [0.1, 0.15) is 5.15 Å². The predicted octanol–water partition coefficient (Wildman–Crippen LogP) is 4.86. The molecule has 2 aliphatic carbocycles. The molecule has 25 heavy (non-hydrogen) atoms. The van der Waals surface area contributed by atoms with E-state index in [0.29, 0.717) is 16.5 Å². The third-order valence-corrected chi connectivity index (χ3v) is 6.21. The maximum atomic E-state index is 13.1. The lowest BCUT2D eigenvalue weighted by Crippen LogP contribution is -2.30. The van der Waals surface area contributed by atoms with Gasteiger partial charge in [0.05, 0.1) is 0 Å². The third-order valence-electron chi connectivity index (χ3n) is 6.00. The van der Waals surface area contributed by atoms with Crippen LogP contribution in [-0.2, 0) is 0 Å². The lowest BCUT2D eigenvalue weighted by atomic mass is 9.68. The molecule has 0 N–H and O–H groups in total. The zero-order chi connectivity index (χ0) is 17.6. The van der Waals surface area contributed by atoms with Gasteiger partial charge >= 0.3 is 0 Å². The zero-order valence-corrected chi connectivity index (χ0v) is 15.4. The average Bonchev–Trinajstić information content (AvgIpc) is 3.29. The Hall–Kier alpha value is -1.55. The number of nitrogens with zero attached hydrogens (tertiary/aromatic N) is 2. The van der Waals surface area contributed by atoms with Crippen molar-refractivity contribution in [1.82, 2.24) is 9.46 Å². The molecule has 2 aromatic rings. The summed E-state index contributed by atoms with van der Waals surface area (Å²) in [5.41, 5.74) is 2.42. The first kappa shape index (κ1) is 16.9. The van der Waals surface area contributed by atoms with E-state index in [4.69, 9.17) is 11.6 Å². The molecule has 3 nitrogen and oxygen atoms in total. The molecule has 2 heterocycles. The molecule has 4 rings (SSSR count). The van der Waals surface area contributed by atoms with E-state index in [-0.39, 0.29) is 5.56 Å². The Labute approximate surface area is 154 Å². The van der Waals surface area contributed by atoms with Crippen LogP contribution in [0.2, 0.25) is 11.0 Å². The Morgan fingerprint density at radius 2 is 2.12 bits per heavy atom. The van der Waals surface area contributed by atoms with E-state index >= 15 is 0 Å². The number of hydrogen-bond acceptors (Lipinski definition) is 2. The van der Waals surface area contributed by atoms with E-state index in [1.54, 1.807) is 22.8 Å². The number of fused-ring (bicyclic) bond motifs is 2. The van der Waals surface area contributed by atoms with Gasteiger partial charge in [-0.2, -0.15) is 0 Å². The van der Waals surface area contributed by atoms with E-state index in [2.05, 4.69) is 19.0 Å². The molecular formula is C20H23BClN2O. The SMILES string of the molecule is C=Cc1c(C)c2cnc(Cl)cc2n([B]C2CCCCC3CC3C2)c1=O. The molecule has 0 aromatic carbocycles. The zero-order valence-electron chi connectivity index (χ0n) is 14.7. The molecule has 0 amide bonds. The second-order valence-electron chi connectivity index (χ2n) is 7.63. The van der Waals surface area contributed by atoms with Gasteiger partial charge in [-0.3, -0.25) is 4.79 Å². The van der Waals surface area contributed by atoms with Gasteiger partial charge in [-0.05, 0) is 42.6 Å². The fourth-order valence-electron chi connectivity index (χ4n) is 4.46. The van der Waals surface area contributed by atoms with Gasteiger partial charge in [0.25, 0.3) is 7.41 Å². The maximum absolute atomic E-state index is 13.1. The smallest absolute Gasteiger partial charge is 0.260 e. The highest BCUT2D eigenvalue weighted by atomic mass is 35.5. The first-order valence-electron chi connectivity index (χ1n) is 9.26. The molecule has 2 fully saturated rings. The first-order chi connectivity index (χ1) is 12.1. The minimum absolute atomic E-state index is 0.00308. The van der Waals surface area contributed by atoms with E-state index in [1.165, 1.54) is 32.1 Å². The molecular weight excluding hydrogens is 330 g/mol. The molecule has 3 atom stereocenters. The summed E-state index contributed by atoms with van der Waals surface area (Å²) >= 11 is 6.13. The van der Waals surface area contributed by atoms with Crippen molar-refractivity contribution in [3.05, 3.63) is 45.5 Å². The summed E-state index contributed by atoms with van der Waals surface area (Å²) < 4.78 is 1.80. The second-order valence-corrected chi connectivity index (χ2v) is 8.01. The van der Waals surface area contributed by atoms with Crippen molar-refractivity contribution < 1.29 is 0 Å². The highest BCUT2D eigenvalue weighted by Gasteiger charge is 2.39. The largest absolute Gasteiger partial charge is 0.357 e. The maximum Gasteiger partial charge on any atom is 0.260 e. The van der Waals surface area contributed by atoms with Crippen LogP contribution in [0.15, 0.2) is 23.6 Å². The van der Waals surface area contributed by atoms with Crippen molar-refractivity contribution >= 4 is 36.0 Å². The van der Waals surface area contributed by atoms with Crippen molar-refractivity contribution in [2.24, 2.45) is 11.8 Å². The van der Waals surface area contributed by atoms with Crippen LogP contribution in [0.5, 0.6) is 0 Å². The predicted molar refractivity (Wildman–Crippen MR) is 105 cm³/mol. The van der Waals surface area contributed by atoms with Crippen LogP contribution in [0.3, 0.4) is 0 Å². The Morgan fingerprint density at radius 3 is 2.92 bits per heavy atom. The summed E-state index contributed by atoms with van der Waals surface area (Å²) in [7, 11) is 2.15. The third kappa shape index (κ3) is 3.17. The Morgan fingerprint density at radius 1 is 1.32 bits per heavy atom. The molecule has 0 aliphatic heterocycles. The van der Waals surface area contributed by atoms with E-state index < -0.39 is 0 Å². The Balaban J connectivity index is 1.78. The minimum Gasteiger partial charge on any atom is -0.357 e. The van der Waals surface area contributed by atoms with Gasteiger partial charge < -0.3 is 4.48 Å². The fourth-order valence-corrected chi connectivity index (χ4v) is 4.61. The topological polar surface area (TPSA) is 34.9 Å². The standard InChI is InChI=1S/C20H23BClN2O/c1-3-16-12(2)17-11-23-19(22)10-18(17)24(20(16)25)21-15-7-5-4-6-13-8-14(13)9-15/h3,10-11,13-15H,1,4-9H2,2H3.